The number of anilines is 1. The zero-order valence-corrected chi connectivity index (χ0v) is 18.5. The zero-order valence-electron chi connectivity index (χ0n) is 18.5. The van der Waals surface area contributed by atoms with E-state index in [2.05, 4.69) is 18.4 Å². The summed E-state index contributed by atoms with van der Waals surface area (Å²) in [6.07, 6.45) is 0.819. The first-order valence-electron chi connectivity index (χ1n) is 10.9. The normalized spacial score (nSPS) is 18.5. The highest BCUT2D eigenvalue weighted by atomic mass is 16.5. The molecule has 0 aliphatic carbocycles. The van der Waals surface area contributed by atoms with Gasteiger partial charge in [0.05, 0.1) is 23.7 Å². The molecule has 0 saturated carbocycles. The van der Waals surface area contributed by atoms with Gasteiger partial charge in [-0.3, -0.25) is 14.5 Å². The Hall–Kier alpha value is -3.15. The van der Waals surface area contributed by atoms with Crippen LogP contribution < -0.4 is 4.90 Å². The number of ether oxygens (including phenoxy) is 1. The molecule has 6 nitrogen and oxygen atoms in total. The van der Waals surface area contributed by atoms with Crippen molar-refractivity contribution in [3.8, 4) is 0 Å². The number of hydrogen-bond acceptors (Lipinski definition) is 4. The second kappa shape index (κ2) is 8.53. The van der Waals surface area contributed by atoms with Gasteiger partial charge in [-0.2, -0.15) is 0 Å². The Morgan fingerprint density at radius 1 is 1.13 bits per heavy atom. The number of aromatic nitrogens is 2. The average Bonchev–Trinajstić information content (AvgIpc) is 3.12. The van der Waals surface area contributed by atoms with Crippen molar-refractivity contribution in [2.75, 3.05) is 18.1 Å². The van der Waals surface area contributed by atoms with E-state index in [0.29, 0.717) is 18.4 Å². The number of hydrogen-bond donors (Lipinski definition) is 0. The van der Waals surface area contributed by atoms with Crippen LogP contribution in [0.15, 0.2) is 48.5 Å². The summed E-state index contributed by atoms with van der Waals surface area (Å²) >= 11 is 0. The third kappa shape index (κ3) is 3.71. The number of imidazole rings is 1. The number of nitrogens with zero attached hydrogens (tertiary/aromatic N) is 3. The van der Waals surface area contributed by atoms with Crippen molar-refractivity contribution in [3.63, 3.8) is 0 Å². The highest BCUT2D eigenvalue weighted by Gasteiger charge is 2.48. The molecule has 0 saturated heterocycles. The topological polar surface area (TPSA) is 64.4 Å². The molecule has 1 aliphatic rings. The maximum absolute atomic E-state index is 13.8. The van der Waals surface area contributed by atoms with E-state index in [9.17, 15) is 9.59 Å². The van der Waals surface area contributed by atoms with Crippen molar-refractivity contribution in [3.05, 3.63) is 59.7 Å². The van der Waals surface area contributed by atoms with E-state index in [1.165, 1.54) is 0 Å². The quantitative estimate of drug-likeness (QED) is 0.436. The molecule has 3 aromatic rings. The Bertz CT molecular complexity index is 1120. The fraction of sp³-hybridized carbons (Fsp3) is 0.400. The molecule has 0 bridgehead atoms. The number of carbonyl (C=O) groups excluding carboxylic acids is 2. The van der Waals surface area contributed by atoms with Crippen LogP contribution in [0.25, 0.3) is 11.0 Å². The summed E-state index contributed by atoms with van der Waals surface area (Å²) in [5, 5.41) is 0. The molecule has 2 aromatic carbocycles. The van der Waals surface area contributed by atoms with Crippen LogP contribution in [0.4, 0.5) is 5.95 Å². The Balaban J connectivity index is 1.98. The van der Waals surface area contributed by atoms with E-state index in [1.54, 1.807) is 11.8 Å². The van der Waals surface area contributed by atoms with Crippen molar-refractivity contribution in [2.45, 2.75) is 40.2 Å². The Labute approximate surface area is 182 Å². The molecule has 0 spiro atoms. The van der Waals surface area contributed by atoms with E-state index >= 15 is 0 Å². The fourth-order valence-electron chi connectivity index (χ4n) is 4.34. The van der Waals surface area contributed by atoms with Gasteiger partial charge in [0.25, 0.3) is 0 Å². The minimum Gasteiger partial charge on any atom is -0.465 e. The van der Waals surface area contributed by atoms with Gasteiger partial charge in [-0.15, -0.1) is 0 Å². The van der Waals surface area contributed by atoms with Crippen LogP contribution in [-0.4, -0.2) is 34.6 Å². The van der Waals surface area contributed by atoms with Gasteiger partial charge < -0.3 is 9.30 Å². The molecule has 162 valence electrons. The van der Waals surface area contributed by atoms with Gasteiger partial charge in [0.15, 0.2) is 5.92 Å². The predicted molar refractivity (Wildman–Crippen MR) is 121 cm³/mol. The average molecular weight is 420 g/mol. The smallest absolute Gasteiger partial charge is 0.321 e. The van der Waals surface area contributed by atoms with Crippen molar-refractivity contribution in [1.82, 2.24) is 9.55 Å². The van der Waals surface area contributed by atoms with Gasteiger partial charge in [0.1, 0.15) is 0 Å². The van der Waals surface area contributed by atoms with Gasteiger partial charge in [-0.1, -0.05) is 50.2 Å². The Kier molecular flexibility index (Phi) is 5.81. The number of carbonyl (C=O) groups is 2. The predicted octanol–water partition coefficient (Wildman–Crippen LogP) is 4.51. The third-order valence-corrected chi connectivity index (χ3v) is 5.92. The number of rotatable bonds is 6. The minimum atomic E-state index is -0.960. The van der Waals surface area contributed by atoms with Crippen LogP contribution in [-0.2, 0) is 14.3 Å². The molecule has 1 amide bonds. The number of aryl methyl sites for hydroxylation is 1. The zero-order chi connectivity index (χ0) is 22.1. The molecule has 1 aromatic heterocycles. The third-order valence-electron chi connectivity index (χ3n) is 5.92. The van der Waals surface area contributed by atoms with Crippen molar-refractivity contribution in [2.24, 2.45) is 11.8 Å². The lowest BCUT2D eigenvalue weighted by Crippen LogP contribution is -2.50. The van der Waals surface area contributed by atoms with E-state index < -0.39 is 17.9 Å². The lowest BCUT2D eigenvalue weighted by molar-refractivity contribution is -0.153. The highest BCUT2D eigenvalue weighted by Crippen LogP contribution is 2.42. The number of benzene rings is 2. The Morgan fingerprint density at radius 3 is 2.55 bits per heavy atom. The molecule has 2 atom stereocenters. The van der Waals surface area contributed by atoms with Gasteiger partial charge in [-0.05, 0) is 49.4 Å². The largest absolute Gasteiger partial charge is 0.465 e. The van der Waals surface area contributed by atoms with Crippen LogP contribution in [0.2, 0.25) is 0 Å². The number of amides is 1. The standard InChI is InChI=1S/C25H29N3O3/c1-5-31-24(30)21-22(18-11-7-6-10-17(18)4)28-20-13-9-8-12-19(20)26-25(28)27(23(21)29)15-14-16(2)3/h6-13,16,21-22H,5,14-15H2,1-4H3/t21-,22+/m0/s1. The summed E-state index contributed by atoms with van der Waals surface area (Å²) in [7, 11) is 0. The van der Waals surface area contributed by atoms with Crippen LogP contribution >= 0.6 is 0 Å². The second-order valence-corrected chi connectivity index (χ2v) is 8.47. The first kappa shape index (κ1) is 21.1. The van der Waals surface area contributed by atoms with Crippen molar-refractivity contribution in [1.29, 1.82) is 0 Å². The second-order valence-electron chi connectivity index (χ2n) is 8.47. The van der Waals surface area contributed by atoms with E-state index in [4.69, 9.17) is 9.72 Å². The van der Waals surface area contributed by atoms with Gasteiger partial charge in [0.2, 0.25) is 11.9 Å². The monoisotopic (exact) mass is 419 g/mol. The van der Waals surface area contributed by atoms with Crippen LogP contribution in [0.5, 0.6) is 0 Å². The van der Waals surface area contributed by atoms with Crippen molar-refractivity contribution < 1.29 is 14.3 Å². The maximum atomic E-state index is 13.8. The first-order valence-corrected chi connectivity index (χ1v) is 10.9. The van der Waals surface area contributed by atoms with Crippen LogP contribution in [0.1, 0.15) is 44.4 Å². The number of fused-ring (bicyclic) bond motifs is 3. The molecule has 0 fully saturated rings. The summed E-state index contributed by atoms with van der Waals surface area (Å²) < 4.78 is 7.46. The highest BCUT2D eigenvalue weighted by molar-refractivity contribution is 6.08. The number of esters is 1. The maximum Gasteiger partial charge on any atom is 0.321 e. The summed E-state index contributed by atoms with van der Waals surface area (Å²) in [6, 6.07) is 15.2. The molecule has 31 heavy (non-hydrogen) atoms. The summed E-state index contributed by atoms with van der Waals surface area (Å²) in [5.41, 5.74) is 3.67. The molecule has 2 heterocycles. The first-order chi connectivity index (χ1) is 14.9. The fourth-order valence-corrected chi connectivity index (χ4v) is 4.34. The lowest BCUT2D eigenvalue weighted by Gasteiger charge is -2.38. The summed E-state index contributed by atoms with van der Waals surface area (Å²) in [5.74, 6) is -0.673. The minimum absolute atomic E-state index is 0.229. The van der Waals surface area contributed by atoms with Crippen molar-refractivity contribution >= 4 is 28.9 Å². The lowest BCUT2D eigenvalue weighted by atomic mass is 9.87. The van der Waals surface area contributed by atoms with E-state index in [0.717, 1.165) is 28.6 Å². The summed E-state index contributed by atoms with van der Waals surface area (Å²) in [4.78, 5) is 33.4. The van der Waals surface area contributed by atoms with Gasteiger partial charge >= 0.3 is 5.97 Å². The van der Waals surface area contributed by atoms with E-state index in [1.807, 2.05) is 55.5 Å². The van der Waals surface area contributed by atoms with E-state index in [-0.39, 0.29) is 12.5 Å². The van der Waals surface area contributed by atoms with Gasteiger partial charge in [0, 0.05) is 6.54 Å². The molecule has 4 rings (SSSR count). The number of para-hydroxylation sites is 2. The molecule has 6 heteroatoms. The van der Waals surface area contributed by atoms with Gasteiger partial charge in [-0.25, -0.2) is 4.98 Å². The van der Waals surface area contributed by atoms with Crippen LogP contribution in [0.3, 0.4) is 0 Å². The summed E-state index contributed by atoms with van der Waals surface area (Å²) in [6.45, 7) is 8.75. The SMILES string of the molecule is CCOC(=O)[C@@H]1C(=O)N(CCC(C)C)c2nc3ccccc3n2[C@@H]1c1ccccc1C. The molecule has 0 radical (unpaired) electrons. The molecular formula is C25H29N3O3. The van der Waals surface area contributed by atoms with Crippen LogP contribution in [0, 0.1) is 18.8 Å². The molecular weight excluding hydrogens is 390 g/mol. The Morgan fingerprint density at radius 2 is 1.84 bits per heavy atom. The molecule has 0 N–H and O–H groups in total. The molecule has 1 aliphatic heterocycles. The molecule has 0 unspecified atom stereocenters.